The summed E-state index contributed by atoms with van der Waals surface area (Å²) in [6.07, 6.45) is 6.53. The second-order valence-corrected chi connectivity index (χ2v) is 7.38. The molecule has 7 heteroatoms. The zero-order valence-corrected chi connectivity index (χ0v) is 13.3. The molecule has 3 heterocycles. The van der Waals surface area contributed by atoms with Crippen molar-refractivity contribution in [2.75, 3.05) is 19.6 Å². The molecule has 4 fully saturated rings. The predicted molar refractivity (Wildman–Crippen MR) is 82.6 cm³/mol. The van der Waals surface area contributed by atoms with E-state index in [-0.39, 0.29) is 18.4 Å². The Bertz CT molecular complexity index is 543. The van der Waals surface area contributed by atoms with E-state index in [1.54, 1.807) is 0 Å². The lowest BCUT2D eigenvalue weighted by molar-refractivity contribution is -0.139. The van der Waals surface area contributed by atoms with Crippen molar-refractivity contribution in [2.45, 2.75) is 62.6 Å². The molecule has 4 rings (SSSR count). The number of nitrogens with zero attached hydrogens (tertiary/aromatic N) is 2. The molecule has 2 N–H and O–H groups in total. The molecule has 0 aromatic carbocycles. The van der Waals surface area contributed by atoms with E-state index in [0.29, 0.717) is 38.0 Å². The first-order valence-corrected chi connectivity index (χ1v) is 8.75. The van der Waals surface area contributed by atoms with Crippen molar-refractivity contribution >= 4 is 17.8 Å². The molecule has 7 nitrogen and oxygen atoms in total. The Morgan fingerprint density at radius 1 is 1.13 bits per heavy atom. The number of hydrogen-bond acceptors (Lipinski definition) is 4. The van der Waals surface area contributed by atoms with Crippen LogP contribution in [0.3, 0.4) is 0 Å². The van der Waals surface area contributed by atoms with Crippen LogP contribution in [-0.2, 0) is 9.59 Å². The Morgan fingerprint density at radius 3 is 2.65 bits per heavy atom. The van der Waals surface area contributed by atoms with Crippen LogP contribution in [0.2, 0.25) is 0 Å². The SMILES string of the molecule is O=C(CN1C(=O)NC2(CCCC2)C1=O)N1CCC2CCC(C1)N2. The van der Waals surface area contributed by atoms with E-state index < -0.39 is 11.6 Å². The van der Waals surface area contributed by atoms with Crippen molar-refractivity contribution in [3.05, 3.63) is 0 Å². The number of imide groups is 1. The van der Waals surface area contributed by atoms with Crippen LogP contribution in [0.1, 0.15) is 44.9 Å². The summed E-state index contributed by atoms with van der Waals surface area (Å²) < 4.78 is 0. The summed E-state index contributed by atoms with van der Waals surface area (Å²) in [5.41, 5.74) is -0.725. The molecule has 0 radical (unpaired) electrons. The number of fused-ring (bicyclic) bond motifs is 2. The monoisotopic (exact) mass is 320 g/mol. The van der Waals surface area contributed by atoms with E-state index in [1.165, 1.54) is 6.42 Å². The van der Waals surface area contributed by atoms with Gasteiger partial charge in [-0.25, -0.2) is 4.79 Å². The zero-order valence-electron chi connectivity index (χ0n) is 13.3. The van der Waals surface area contributed by atoms with E-state index >= 15 is 0 Å². The number of rotatable bonds is 2. The van der Waals surface area contributed by atoms with Crippen LogP contribution in [0.25, 0.3) is 0 Å². The molecule has 0 aromatic heterocycles. The Labute approximate surface area is 135 Å². The first-order valence-electron chi connectivity index (χ1n) is 8.75. The fraction of sp³-hybridized carbons (Fsp3) is 0.812. The standard InChI is InChI=1S/C16H24N4O3/c21-13(19-8-5-11-3-4-12(9-19)17-11)10-20-14(22)16(18-15(20)23)6-1-2-7-16/h11-12,17H,1-10H2,(H,18,23). The van der Waals surface area contributed by atoms with E-state index in [1.807, 2.05) is 4.90 Å². The van der Waals surface area contributed by atoms with Crippen LogP contribution >= 0.6 is 0 Å². The molecule has 4 amide bonds. The van der Waals surface area contributed by atoms with Gasteiger partial charge in [-0.15, -0.1) is 0 Å². The third-order valence-electron chi connectivity index (χ3n) is 5.87. The van der Waals surface area contributed by atoms with Crippen molar-refractivity contribution in [3.8, 4) is 0 Å². The second-order valence-electron chi connectivity index (χ2n) is 7.38. The number of carbonyl (C=O) groups excluding carboxylic acids is 3. The van der Waals surface area contributed by atoms with Gasteiger partial charge in [-0.1, -0.05) is 12.8 Å². The van der Waals surface area contributed by atoms with Crippen molar-refractivity contribution in [1.29, 1.82) is 0 Å². The molecule has 1 spiro atoms. The number of carbonyl (C=O) groups is 3. The fourth-order valence-electron chi connectivity index (χ4n) is 4.54. The minimum absolute atomic E-state index is 0.113. The number of likely N-dealkylation sites (tertiary alicyclic amines) is 1. The summed E-state index contributed by atoms with van der Waals surface area (Å²) in [4.78, 5) is 40.3. The Hall–Kier alpha value is -1.63. The summed E-state index contributed by atoms with van der Waals surface area (Å²) in [6.45, 7) is 1.27. The van der Waals surface area contributed by atoms with Gasteiger partial charge in [0.15, 0.2) is 0 Å². The van der Waals surface area contributed by atoms with E-state index in [9.17, 15) is 14.4 Å². The van der Waals surface area contributed by atoms with Gasteiger partial charge in [0.2, 0.25) is 5.91 Å². The predicted octanol–water partition coefficient (Wildman–Crippen LogP) is 0.204. The van der Waals surface area contributed by atoms with Gasteiger partial charge in [0, 0.05) is 25.2 Å². The maximum atomic E-state index is 12.6. The molecule has 2 atom stereocenters. The van der Waals surface area contributed by atoms with Gasteiger partial charge in [0.05, 0.1) is 0 Å². The smallest absolute Gasteiger partial charge is 0.325 e. The maximum Gasteiger partial charge on any atom is 0.325 e. The van der Waals surface area contributed by atoms with Gasteiger partial charge >= 0.3 is 6.03 Å². The lowest BCUT2D eigenvalue weighted by Gasteiger charge is -2.26. The minimum atomic E-state index is -0.725. The van der Waals surface area contributed by atoms with Crippen LogP contribution in [0.5, 0.6) is 0 Å². The normalized spacial score (nSPS) is 32.5. The first kappa shape index (κ1) is 14.9. The molecule has 3 saturated heterocycles. The van der Waals surface area contributed by atoms with Crippen molar-refractivity contribution in [2.24, 2.45) is 0 Å². The fourth-order valence-corrected chi connectivity index (χ4v) is 4.54. The van der Waals surface area contributed by atoms with E-state index in [2.05, 4.69) is 10.6 Å². The summed E-state index contributed by atoms with van der Waals surface area (Å²) in [5, 5.41) is 6.37. The van der Waals surface area contributed by atoms with E-state index in [4.69, 9.17) is 0 Å². The highest BCUT2D eigenvalue weighted by Crippen LogP contribution is 2.35. The van der Waals surface area contributed by atoms with Crippen LogP contribution < -0.4 is 10.6 Å². The van der Waals surface area contributed by atoms with Gasteiger partial charge in [-0.3, -0.25) is 14.5 Å². The summed E-state index contributed by atoms with van der Waals surface area (Å²) in [5.74, 6) is -0.319. The largest absolute Gasteiger partial charge is 0.340 e. The number of hydrogen-bond donors (Lipinski definition) is 2. The highest BCUT2D eigenvalue weighted by atomic mass is 16.2. The molecule has 23 heavy (non-hydrogen) atoms. The molecule has 126 valence electrons. The van der Waals surface area contributed by atoms with Gasteiger partial charge in [0.1, 0.15) is 12.1 Å². The number of nitrogens with one attached hydrogen (secondary N) is 2. The molecule has 2 bridgehead atoms. The Kier molecular flexibility index (Phi) is 3.55. The van der Waals surface area contributed by atoms with Crippen LogP contribution in [-0.4, -0.2) is 64.9 Å². The molecule has 4 aliphatic rings. The molecular formula is C16H24N4O3. The zero-order chi connectivity index (χ0) is 16.0. The Balaban J connectivity index is 1.42. The lowest BCUT2D eigenvalue weighted by atomic mass is 9.98. The average Bonchev–Trinajstić information content (AvgIpc) is 3.16. The van der Waals surface area contributed by atoms with Gasteiger partial charge in [0.25, 0.3) is 5.91 Å². The lowest BCUT2D eigenvalue weighted by Crippen LogP contribution is -2.47. The molecule has 2 unspecified atom stereocenters. The van der Waals surface area contributed by atoms with Crippen molar-refractivity contribution in [1.82, 2.24) is 20.4 Å². The quantitative estimate of drug-likeness (QED) is 0.712. The average molecular weight is 320 g/mol. The Morgan fingerprint density at radius 2 is 1.87 bits per heavy atom. The molecule has 1 saturated carbocycles. The molecule has 3 aliphatic heterocycles. The molecular weight excluding hydrogens is 296 g/mol. The minimum Gasteiger partial charge on any atom is -0.340 e. The number of amides is 4. The maximum absolute atomic E-state index is 12.6. The van der Waals surface area contributed by atoms with Gasteiger partial charge < -0.3 is 15.5 Å². The number of urea groups is 1. The van der Waals surface area contributed by atoms with Crippen molar-refractivity contribution in [3.63, 3.8) is 0 Å². The van der Waals surface area contributed by atoms with E-state index in [0.717, 1.165) is 30.6 Å². The summed E-state index contributed by atoms with van der Waals surface area (Å²) in [6, 6.07) is 0.465. The molecule has 1 aliphatic carbocycles. The van der Waals surface area contributed by atoms with Gasteiger partial charge in [-0.05, 0) is 32.1 Å². The summed E-state index contributed by atoms with van der Waals surface area (Å²) in [7, 11) is 0. The highest BCUT2D eigenvalue weighted by molar-refractivity contribution is 6.09. The second kappa shape index (κ2) is 5.47. The van der Waals surface area contributed by atoms with Crippen LogP contribution in [0.15, 0.2) is 0 Å². The van der Waals surface area contributed by atoms with Gasteiger partial charge in [-0.2, -0.15) is 0 Å². The third kappa shape index (κ3) is 2.51. The molecule has 0 aromatic rings. The van der Waals surface area contributed by atoms with Crippen LogP contribution in [0.4, 0.5) is 4.79 Å². The van der Waals surface area contributed by atoms with Crippen LogP contribution in [0, 0.1) is 0 Å². The first-order chi connectivity index (χ1) is 11.1. The summed E-state index contributed by atoms with van der Waals surface area (Å²) >= 11 is 0. The van der Waals surface area contributed by atoms with Crippen molar-refractivity contribution < 1.29 is 14.4 Å². The topological polar surface area (TPSA) is 81.8 Å². The third-order valence-corrected chi connectivity index (χ3v) is 5.87. The highest BCUT2D eigenvalue weighted by Gasteiger charge is 2.53.